The molecule has 0 aliphatic rings. The van der Waals surface area contributed by atoms with Gasteiger partial charge in [0.05, 0.1) is 11.8 Å². The molecule has 154 valence electrons. The Labute approximate surface area is 169 Å². The van der Waals surface area contributed by atoms with E-state index in [4.69, 9.17) is 4.74 Å². The summed E-state index contributed by atoms with van der Waals surface area (Å²) in [6.07, 6.45) is -3.25. The van der Waals surface area contributed by atoms with Crippen molar-refractivity contribution in [1.82, 2.24) is 5.43 Å². The molecular weight excluding hydrogens is 400 g/mol. The fourth-order valence-electron chi connectivity index (χ4n) is 2.55. The molecule has 0 saturated carbocycles. The zero-order valence-electron chi connectivity index (χ0n) is 15.5. The Hall–Kier alpha value is -3.68. The lowest BCUT2D eigenvalue weighted by molar-refractivity contribution is -0.137. The molecule has 30 heavy (non-hydrogen) atoms. The maximum atomic E-state index is 13.7. The highest BCUT2D eigenvalue weighted by atomic mass is 19.4. The van der Waals surface area contributed by atoms with Crippen LogP contribution < -0.4 is 10.2 Å². The first-order valence-electron chi connectivity index (χ1n) is 8.80. The molecule has 0 fully saturated rings. The van der Waals surface area contributed by atoms with Crippen LogP contribution in [0.2, 0.25) is 0 Å². The number of halogens is 4. The predicted octanol–water partition coefficient (Wildman–Crippen LogP) is 5.19. The summed E-state index contributed by atoms with van der Waals surface area (Å²) in [6, 6.07) is 17.0. The molecule has 3 aromatic rings. The zero-order valence-corrected chi connectivity index (χ0v) is 15.5. The standard InChI is InChI=1S/C22H16F4N2O2/c23-19-10-3-1-7-17(19)14-30-20-11-4-2-6-16(20)13-27-28-21(29)15-8-5-9-18(12-15)22(24,25)26/h1-13H,14H2,(H,28,29)/b27-13-. The van der Waals surface area contributed by atoms with Crippen molar-refractivity contribution in [2.45, 2.75) is 12.8 Å². The summed E-state index contributed by atoms with van der Waals surface area (Å²) in [5.41, 5.74) is 1.96. The van der Waals surface area contributed by atoms with Gasteiger partial charge in [-0.15, -0.1) is 0 Å². The quantitative estimate of drug-likeness (QED) is 0.342. The summed E-state index contributed by atoms with van der Waals surface area (Å²) in [5, 5.41) is 3.78. The molecule has 0 spiro atoms. The number of alkyl halides is 3. The van der Waals surface area contributed by atoms with E-state index in [0.29, 0.717) is 16.9 Å². The van der Waals surface area contributed by atoms with Crippen LogP contribution >= 0.6 is 0 Å². The van der Waals surface area contributed by atoms with E-state index in [1.165, 1.54) is 18.3 Å². The lowest BCUT2D eigenvalue weighted by Gasteiger charge is -2.10. The van der Waals surface area contributed by atoms with Crippen molar-refractivity contribution in [1.29, 1.82) is 0 Å². The third-order valence-corrected chi connectivity index (χ3v) is 4.08. The van der Waals surface area contributed by atoms with E-state index < -0.39 is 23.5 Å². The van der Waals surface area contributed by atoms with E-state index in [1.54, 1.807) is 42.5 Å². The number of hydrogen-bond donors (Lipinski definition) is 1. The minimum absolute atomic E-state index is 0.00583. The van der Waals surface area contributed by atoms with Crippen molar-refractivity contribution in [2.24, 2.45) is 5.10 Å². The first kappa shape index (κ1) is 21.0. The summed E-state index contributed by atoms with van der Waals surface area (Å²) in [5.74, 6) is -0.781. The SMILES string of the molecule is O=C(N/N=C\c1ccccc1OCc1ccccc1F)c1cccc(C(F)(F)F)c1. The van der Waals surface area contributed by atoms with Crippen LogP contribution in [-0.4, -0.2) is 12.1 Å². The molecular formula is C22H16F4N2O2. The average Bonchev–Trinajstić information content (AvgIpc) is 2.73. The van der Waals surface area contributed by atoms with Gasteiger partial charge in [-0.25, -0.2) is 9.82 Å². The largest absolute Gasteiger partial charge is 0.488 e. The van der Waals surface area contributed by atoms with Crippen molar-refractivity contribution in [3.63, 3.8) is 0 Å². The van der Waals surface area contributed by atoms with Gasteiger partial charge in [-0.2, -0.15) is 18.3 Å². The monoisotopic (exact) mass is 416 g/mol. The third-order valence-electron chi connectivity index (χ3n) is 4.08. The summed E-state index contributed by atoms with van der Waals surface area (Å²) >= 11 is 0. The van der Waals surface area contributed by atoms with Gasteiger partial charge < -0.3 is 4.74 Å². The van der Waals surface area contributed by atoms with Crippen LogP contribution in [0.15, 0.2) is 77.9 Å². The first-order valence-corrected chi connectivity index (χ1v) is 8.80. The van der Waals surface area contributed by atoms with Crippen LogP contribution in [0.1, 0.15) is 27.0 Å². The Balaban J connectivity index is 1.67. The molecule has 0 heterocycles. The molecule has 0 saturated heterocycles. The number of nitrogens with one attached hydrogen (secondary N) is 1. The number of carbonyl (C=O) groups excluding carboxylic acids is 1. The van der Waals surface area contributed by atoms with Gasteiger partial charge in [0.1, 0.15) is 18.2 Å². The molecule has 0 unspecified atom stereocenters. The van der Waals surface area contributed by atoms with Gasteiger partial charge in [0.2, 0.25) is 0 Å². The number of nitrogens with zero attached hydrogens (tertiary/aromatic N) is 1. The number of hydrazone groups is 1. The number of para-hydroxylation sites is 1. The molecule has 8 heteroatoms. The van der Waals surface area contributed by atoms with Crippen LogP contribution in [0.3, 0.4) is 0 Å². The number of amides is 1. The van der Waals surface area contributed by atoms with Crippen LogP contribution in [0, 0.1) is 5.82 Å². The second-order valence-corrected chi connectivity index (χ2v) is 6.20. The second-order valence-electron chi connectivity index (χ2n) is 6.20. The van der Waals surface area contributed by atoms with E-state index in [9.17, 15) is 22.4 Å². The highest BCUT2D eigenvalue weighted by molar-refractivity contribution is 5.95. The number of rotatable bonds is 6. The van der Waals surface area contributed by atoms with Gasteiger partial charge in [0.25, 0.3) is 5.91 Å². The maximum absolute atomic E-state index is 13.7. The molecule has 3 aromatic carbocycles. The van der Waals surface area contributed by atoms with Crippen LogP contribution in [0.4, 0.5) is 17.6 Å². The van der Waals surface area contributed by atoms with Crippen LogP contribution in [0.5, 0.6) is 5.75 Å². The number of benzene rings is 3. The molecule has 0 aliphatic carbocycles. The third kappa shape index (κ3) is 5.44. The Morgan fingerprint density at radius 1 is 1.00 bits per heavy atom. The Bertz CT molecular complexity index is 1060. The van der Waals surface area contributed by atoms with Crippen LogP contribution in [-0.2, 0) is 12.8 Å². The normalized spacial score (nSPS) is 11.5. The predicted molar refractivity (Wildman–Crippen MR) is 104 cm³/mol. The van der Waals surface area contributed by atoms with Crippen molar-refractivity contribution in [3.8, 4) is 5.75 Å². The van der Waals surface area contributed by atoms with Gasteiger partial charge in [-0.05, 0) is 36.4 Å². The fraction of sp³-hybridized carbons (Fsp3) is 0.0909. The molecule has 0 aliphatic heterocycles. The minimum atomic E-state index is -4.55. The molecule has 4 nitrogen and oxygen atoms in total. The number of ether oxygens (including phenoxy) is 1. The van der Waals surface area contributed by atoms with Crippen molar-refractivity contribution < 1.29 is 27.1 Å². The smallest absolute Gasteiger partial charge is 0.416 e. The Morgan fingerprint density at radius 3 is 2.50 bits per heavy atom. The Morgan fingerprint density at radius 2 is 1.73 bits per heavy atom. The van der Waals surface area contributed by atoms with Crippen molar-refractivity contribution in [3.05, 3.63) is 101 Å². The minimum Gasteiger partial charge on any atom is -0.488 e. The summed E-state index contributed by atoms with van der Waals surface area (Å²) in [7, 11) is 0. The lowest BCUT2D eigenvalue weighted by atomic mass is 10.1. The molecule has 1 amide bonds. The topological polar surface area (TPSA) is 50.7 Å². The van der Waals surface area contributed by atoms with E-state index in [2.05, 4.69) is 10.5 Å². The van der Waals surface area contributed by atoms with E-state index >= 15 is 0 Å². The number of hydrogen-bond acceptors (Lipinski definition) is 3. The summed E-state index contributed by atoms with van der Waals surface area (Å²) in [6.45, 7) is -0.00583. The first-order chi connectivity index (χ1) is 14.3. The molecule has 1 N–H and O–H groups in total. The maximum Gasteiger partial charge on any atom is 0.416 e. The van der Waals surface area contributed by atoms with Crippen molar-refractivity contribution >= 4 is 12.1 Å². The van der Waals surface area contributed by atoms with Gasteiger partial charge in [-0.3, -0.25) is 4.79 Å². The molecule has 0 aromatic heterocycles. The van der Waals surface area contributed by atoms with E-state index in [-0.39, 0.29) is 12.2 Å². The zero-order chi connectivity index (χ0) is 21.6. The second kappa shape index (κ2) is 9.21. The lowest BCUT2D eigenvalue weighted by Crippen LogP contribution is -2.18. The van der Waals surface area contributed by atoms with E-state index in [1.807, 2.05) is 0 Å². The average molecular weight is 416 g/mol. The van der Waals surface area contributed by atoms with Gasteiger partial charge in [0.15, 0.2) is 0 Å². The highest BCUT2D eigenvalue weighted by Crippen LogP contribution is 2.29. The molecule has 0 atom stereocenters. The highest BCUT2D eigenvalue weighted by Gasteiger charge is 2.30. The van der Waals surface area contributed by atoms with Crippen LogP contribution in [0.25, 0.3) is 0 Å². The van der Waals surface area contributed by atoms with Gasteiger partial charge >= 0.3 is 6.18 Å². The van der Waals surface area contributed by atoms with Gasteiger partial charge in [0, 0.05) is 16.7 Å². The van der Waals surface area contributed by atoms with Crippen molar-refractivity contribution in [2.75, 3.05) is 0 Å². The Kier molecular flexibility index (Phi) is 6.46. The summed E-state index contributed by atoms with van der Waals surface area (Å²) < 4.78 is 57.7. The van der Waals surface area contributed by atoms with Gasteiger partial charge in [-0.1, -0.05) is 36.4 Å². The molecule has 0 bridgehead atoms. The van der Waals surface area contributed by atoms with E-state index in [0.717, 1.165) is 18.2 Å². The fourth-order valence-corrected chi connectivity index (χ4v) is 2.55. The molecule has 3 rings (SSSR count). The number of carbonyl (C=O) groups is 1. The molecule has 0 radical (unpaired) electrons. The summed E-state index contributed by atoms with van der Waals surface area (Å²) in [4.78, 5) is 12.1.